The number of nitrogens with zero attached hydrogens (tertiary/aromatic N) is 3. The molecule has 0 radical (unpaired) electrons. The largest absolute Gasteiger partial charge is 0.493 e. The molecule has 4 aromatic rings. The summed E-state index contributed by atoms with van der Waals surface area (Å²) in [5.41, 5.74) is -1.85. The summed E-state index contributed by atoms with van der Waals surface area (Å²) in [6.07, 6.45) is -4.86. The second-order valence-corrected chi connectivity index (χ2v) is 7.86. The summed E-state index contributed by atoms with van der Waals surface area (Å²) < 4.78 is 65.9. The van der Waals surface area contributed by atoms with Crippen LogP contribution in [0, 0.1) is 5.82 Å². The minimum atomic E-state index is -4.86. The molecule has 0 unspecified atom stereocenters. The van der Waals surface area contributed by atoms with Crippen LogP contribution in [0.25, 0.3) is 16.9 Å². The number of nitrogens with one attached hydrogen (secondary N) is 1. The molecule has 2 aromatic carbocycles. The van der Waals surface area contributed by atoms with Gasteiger partial charge in [0.05, 0.1) is 24.9 Å². The maximum absolute atomic E-state index is 13.9. The Labute approximate surface area is 205 Å². The van der Waals surface area contributed by atoms with E-state index in [1.54, 1.807) is 0 Å². The van der Waals surface area contributed by atoms with Gasteiger partial charge in [-0.1, -0.05) is 23.2 Å². The van der Waals surface area contributed by atoms with E-state index in [2.05, 4.69) is 15.4 Å². The lowest BCUT2D eigenvalue weighted by Gasteiger charge is -2.12. The van der Waals surface area contributed by atoms with Crippen LogP contribution in [0.4, 0.5) is 23.2 Å². The number of benzene rings is 2. The molecule has 13 heteroatoms. The van der Waals surface area contributed by atoms with Crippen molar-refractivity contribution in [1.29, 1.82) is 0 Å². The number of fused-ring (bicyclic) bond motifs is 1. The van der Waals surface area contributed by atoms with E-state index in [0.717, 1.165) is 18.2 Å². The van der Waals surface area contributed by atoms with Crippen LogP contribution in [0.5, 0.6) is 11.5 Å². The summed E-state index contributed by atoms with van der Waals surface area (Å²) in [5.74, 6) is -1.01. The number of aromatic nitrogens is 3. The quantitative estimate of drug-likeness (QED) is 0.315. The van der Waals surface area contributed by atoms with Crippen LogP contribution in [0.2, 0.25) is 10.0 Å². The van der Waals surface area contributed by atoms with Crippen molar-refractivity contribution >= 4 is 40.4 Å². The minimum Gasteiger partial charge on any atom is -0.493 e. The van der Waals surface area contributed by atoms with Gasteiger partial charge in [0.2, 0.25) is 0 Å². The van der Waals surface area contributed by atoms with Gasteiger partial charge in [0.25, 0.3) is 5.91 Å². The van der Waals surface area contributed by atoms with Gasteiger partial charge in [-0.15, -0.1) is 0 Å². The van der Waals surface area contributed by atoms with Gasteiger partial charge in [-0.25, -0.2) is 13.9 Å². The van der Waals surface area contributed by atoms with Gasteiger partial charge in [0.15, 0.2) is 28.5 Å². The van der Waals surface area contributed by atoms with Gasteiger partial charge < -0.3 is 14.8 Å². The smallest absolute Gasteiger partial charge is 0.433 e. The fourth-order valence-electron chi connectivity index (χ4n) is 3.25. The molecular weight excluding hydrogens is 515 g/mol. The van der Waals surface area contributed by atoms with E-state index in [-0.39, 0.29) is 27.7 Å². The average Bonchev–Trinajstić information content (AvgIpc) is 3.16. The van der Waals surface area contributed by atoms with Crippen LogP contribution in [-0.2, 0) is 6.18 Å². The lowest BCUT2D eigenvalue weighted by molar-refractivity contribution is -0.142. The first-order chi connectivity index (χ1) is 16.5. The molecule has 1 amide bonds. The molecule has 1 N–H and O–H groups in total. The third kappa shape index (κ3) is 4.69. The molecule has 0 saturated heterocycles. The summed E-state index contributed by atoms with van der Waals surface area (Å²) in [4.78, 5) is 16.9. The zero-order chi connectivity index (χ0) is 25.5. The van der Waals surface area contributed by atoms with E-state index in [1.165, 1.54) is 38.5 Å². The van der Waals surface area contributed by atoms with Crippen molar-refractivity contribution in [2.24, 2.45) is 0 Å². The fourth-order valence-corrected chi connectivity index (χ4v) is 3.67. The van der Waals surface area contributed by atoms with Crippen molar-refractivity contribution < 1.29 is 31.8 Å². The maximum Gasteiger partial charge on any atom is 0.433 e. The van der Waals surface area contributed by atoms with Gasteiger partial charge in [-0.3, -0.25) is 4.79 Å². The first-order valence-electron chi connectivity index (χ1n) is 9.68. The molecule has 182 valence electrons. The summed E-state index contributed by atoms with van der Waals surface area (Å²) in [6, 6.07) is 8.61. The third-order valence-electron chi connectivity index (χ3n) is 4.90. The first kappa shape index (κ1) is 24.6. The SMILES string of the molecule is COc1ccc(-c2cc(C(F)(F)F)n3nc(C(=O)Nc4ccc(F)c(Cl)c4)c(Cl)c3n2)cc1OC. The second kappa shape index (κ2) is 9.23. The number of hydrogen-bond acceptors (Lipinski definition) is 5. The monoisotopic (exact) mass is 528 g/mol. The lowest BCUT2D eigenvalue weighted by atomic mass is 10.1. The van der Waals surface area contributed by atoms with Crippen LogP contribution in [-0.4, -0.2) is 34.7 Å². The highest BCUT2D eigenvalue weighted by molar-refractivity contribution is 6.37. The van der Waals surface area contributed by atoms with E-state index in [9.17, 15) is 22.4 Å². The predicted octanol–water partition coefficient (Wildman–Crippen LogP) is 6.13. The van der Waals surface area contributed by atoms with Gasteiger partial charge in [0, 0.05) is 11.3 Å². The van der Waals surface area contributed by atoms with Crippen LogP contribution >= 0.6 is 23.2 Å². The number of halogens is 6. The van der Waals surface area contributed by atoms with Crippen molar-refractivity contribution in [1.82, 2.24) is 14.6 Å². The number of ether oxygens (including phenoxy) is 2. The Morgan fingerprint density at radius 3 is 2.37 bits per heavy atom. The van der Waals surface area contributed by atoms with Gasteiger partial charge in [-0.2, -0.15) is 18.3 Å². The second-order valence-electron chi connectivity index (χ2n) is 7.08. The molecule has 0 aliphatic carbocycles. The number of carbonyl (C=O) groups is 1. The zero-order valence-electron chi connectivity index (χ0n) is 17.9. The van der Waals surface area contributed by atoms with E-state index in [4.69, 9.17) is 32.7 Å². The fraction of sp³-hybridized carbons (Fsp3) is 0.136. The highest BCUT2D eigenvalue weighted by Crippen LogP contribution is 2.37. The Hall–Kier alpha value is -3.57. The summed E-state index contributed by atoms with van der Waals surface area (Å²) in [7, 11) is 2.80. The molecule has 0 bridgehead atoms. The molecule has 0 spiro atoms. The van der Waals surface area contributed by atoms with Crippen molar-refractivity contribution in [3.8, 4) is 22.8 Å². The molecule has 0 fully saturated rings. The Balaban J connectivity index is 1.84. The molecule has 2 heterocycles. The Morgan fingerprint density at radius 1 is 1.03 bits per heavy atom. The molecule has 35 heavy (non-hydrogen) atoms. The van der Waals surface area contributed by atoms with Crippen LogP contribution in [0.15, 0.2) is 42.5 Å². The number of alkyl halides is 3. The van der Waals surface area contributed by atoms with E-state index in [1.807, 2.05) is 0 Å². The minimum absolute atomic E-state index is 0.0875. The van der Waals surface area contributed by atoms with Crippen molar-refractivity contribution in [2.45, 2.75) is 6.18 Å². The zero-order valence-corrected chi connectivity index (χ0v) is 19.4. The van der Waals surface area contributed by atoms with Gasteiger partial charge in [-0.05, 0) is 42.5 Å². The van der Waals surface area contributed by atoms with Crippen LogP contribution in [0.1, 0.15) is 16.2 Å². The number of hydrogen-bond donors (Lipinski definition) is 1. The molecular formula is C22H14Cl2F4N4O3. The summed E-state index contributed by atoms with van der Waals surface area (Å²) >= 11 is 12.0. The topological polar surface area (TPSA) is 77.8 Å². The summed E-state index contributed by atoms with van der Waals surface area (Å²) in [6.45, 7) is 0. The molecule has 0 saturated carbocycles. The normalized spacial score (nSPS) is 11.5. The van der Waals surface area contributed by atoms with Crippen molar-refractivity contribution in [3.05, 3.63) is 69.7 Å². The first-order valence-corrected chi connectivity index (χ1v) is 10.4. The Morgan fingerprint density at radius 2 is 1.74 bits per heavy atom. The standard InChI is InChI=1S/C22H14Cl2F4N4O3/c1-34-15-6-3-10(7-16(15)35-2)14-9-17(22(26,27)28)32-20(30-14)18(24)19(31-32)21(33)29-11-4-5-13(25)12(23)8-11/h3-9H,1-2H3,(H,29,33). The molecule has 4 rings (SSSR count). The lowest BCUT2D eigenvalue weighted by Crippen LogP contribution is -2.16. The molecule has 0 aliphatic heterocycles. The number of rotatable bonds is 5. The van der Waals surface area contributed by atoms with Crippen LogP contribution in [0.3, 0.4) is 0 Å². The number of anilines is 1. The number of methoxy groups -OCH3 is 2. The molecule has 0 aliphatic rings. The third-order valence-corrected chi connectivity index (χ3v) is 5.53. The van der Waals surface area contributed by atoms with E-state index >= 15 is 0 Å². The predicted molar refractivity (Wildman–Crippen MR) is 121 cm³/mol. The molecule has 0 atom stereocenters. The van der Waals surface area contributed by atoms with Gasteiger partial charge in [0.1, 0.15) is 10.8 Å². The van der Waals surface area contributed by atoms with Crippen molar-refractivity contribution in [2.75, 3.05) is 19.5 Å². The Kier molecular flexibility index (Phi) is 6.48. The van der Waals surface area contributed by atoms with E-state index in [0.29, 0.717) is 10.3 Å². The highest BCUT2D eigenvalue weighted by Gasteiger charge is 2.37. The average molecular weight is 529 g/mol. The molecule has 7 nitrogen and oxygen atoms in total. The number of amides is 1. The Bertz CT molecular complexity index is 1460. The molecule has 2 aromatic heterocycles. The highest BCUT2D eigenvalue weighted by atomic mass is 35.5. The maximum atomic E-state index is 13.9. The van der Waals surface area contributed by atoms with Gasteiger partial charge >= 0.3 is 6.18 Å². The number of carbonyl (C=O) groups excluding carboxylic acids is 1. The van der Waals surface area contributed by atoms with Crippen molar-refractivity contribution in [3.63, 3.8) is 0 Å². The summed E-state index contributed by atoms with van der Waals surface area (Å²) in [5, 5.41) is 5.45. The van der Waals surface area contributed by atoms with E-state index < -0.39 is 40.0 Å². The van der Waals surface area contributed by atoms with Crippen LogP contribution < -0.4 is 14.8 Å².